The van der Waals surface area contributed by atoms with Gasteiger partial charge in [0.2, 0.25) is 11.8 Å². The molecule has 8 nitrogen and oxygen atoms in total. The summed E-state index contributed by atoms with van der Waals surface area (Å²) < 4.78 is 7.04. The van der Waals surface area contributed by atoms with Gasteiger partial charge in [-0.2, -0.15) is 0 Å². The van der Waals surface area contributed by atoms with Crippen LogP contribution < -0.4 is 4.90 Å². The van der Waals surface area contributed by atoms with Crippen molar-refractivity contribution in [1.29, 1.82) is 0 Å². The number of hydrogen-bond acceptors (Lipinski definition) is 5. The molecule has 2 fully saturated rings. The first-order valence-corrected chi connectivity index (χ1v) is 14.8. The number of carbonyl (C=O) groups excluding carboxylic acids is 3. The number of amides is 3. The summed E-state index contributed by atoms with van der Waals surface area (Å²) in [5.41, 5.74) is 1.27. The van der Waals surface area contributed by atoms with Gasteiger partial charge in [0, 0.05) is 25.8 Å². The van der Waals surface area contributed by atoms with Crippen molar-refractivity contribution < 1.29 is 24.2 Å². The average Bonchev–Trinajstić information content (AvgIpc) is 3.29. The third kappa shape index (κ3) is 4.14. The van der Waals surface area contributed by atoms with Crippen molar-refractivity contribution in [3.8, 4) is 0 Å². The maximum Gasteiger partial charge on any atom is 0.253 e. The summed E-state index contributed by atoms with van der Waals surface area (Å²) in [4.78, 5) is 48.5. The Hall–Kier alpha value is -3.75. The number of nitrogens with zero attached hydrogens (tertiary/aromatic N) is 3. The standard InChI is InChI=1S/C34H39N3O5/c1-5-33-15-9-17-35(4)30(39)27(33)28-31(40)37(25(21-38)20-24-11-7-6-8-12-24)29-32(41)36(18-10-16-34(28,29)42-33)26-19-22(2)13-14-23(26)3/h6-16,19,25,27-29,38H,5,17-18,20-21H2,1-4H3/t25-,27-,28+,29?,33+,34+/m1/s1. The fraction of sp³-hybridized carbons (Fsp3) is 0.441. The van der Waals surface area contributed by atoms with E-state index in [0.717, 1.165) is 22.4 Å². The lowest BCUT2D eigenvalue weighted by Crippen LogP contribution is -2.59. The minimum atomic E-state index is -1.37. The fourth-order valence-electron chi connectivity index (χ4n) is 7.58. The molecule has 1 spiro atoms. The van der Waals surface area contributed by atoms with Crippen molar-refractivity contribution in [3.05, 3.63) is 89.5 Å². The van der Waals surface area contributed by atoms with Gasteiger partial charge in [-0.1, -0.05) is 73.7 Å². The molecule has 4 heterocycles. The van der Waals surface area contributed by atoms with E-state index in [1.807, 2.05) is 93.6 Å². The zero-order chi connectivity index (χ0) is 29.8. The van der Waals surface area contributed by atoms with E-state index < -0.39 is 35.1 Å². The van der Waals surface area contributed by atoms with Crippen LogP contribution in [-0.2, 0) is 25.5 Å². The van der Waals surface area contributed by atoms with Crippen LogP contribution in [0.4, 0.5) is 5.69 Å². The predicted molar refractivity (Wildman–Crippen MR) is 160 cm³/mol. The van der Waals surface area contributed by atoms with Gasteiger partial charge in [0.25, 0.3) is 5.91 Å². The smallest absolute Gasteiger partial charge is 0.253 e. The van der Waals surface area contributed by atoms with Crippen molar-refractivity contribution in [1.82, 2.24) is 9.80 Å². The van der Waals surface area contributed by atoms with E-state index in [0.29, 0.717) is 25.9 Å². The Morgan fingerprint density at radius 1 is 0.952 bits per heavy atom. The van der Waals surface area contributed by atoms with Crippen molar-refractivity contribution in [2.24, 2.45) is 11.8 Å². The first-order chi connectivity index (χ1) is 20.2. The SMILES string of the molecule is CC[C@]12C=CCN(C)C(=O)[C@H]1[C@H]1C(=O)N([C@@H](CO)Cc3ccccc3)C3C(=O)N(c4cc(C)ccc4C)CC=C[C@@]31O2. The molecule has 0 aromatic heterocycles. The number of ether oxygens (including phenoxy) is 1. The van der Waals surface area contributed by atoms with Gasteiger partial charge in [0.05, 0.1) is 30.1 Å². The Bertz CT molecular complexity index is 1470. The normalized spacial score (nSPS) is 31.1. The van der Waals surface area contributed by atoms with Crippen LogP contribution in [0.3, 0.4) is 0 Å². The zero-order valence-corrected chi connectivity index (χ0v) is 24.7. The summed E-state index contributed by atoms with van der Waals surface area (Å²) in [7, 11) is 1.74. The lowest BCUT2D eigenvalue weighted by Gasteiger charge is -2.41. The molecule has 4 aliphatic heterocycles. The quantitative estimate of drug-likeness (QED) is 0.540. The Balaban J connectivity index is 1.53. The molecular formula is C34H39N3O5. The van der Waals surface area contributed by atoms with Crippen LogP contribution in [0.2, 0.25) is 0 Å². The van der Waals surface area contributed by atoms with Crippen LogP contribution in [0.25, 0.3) is 0 Å². The van der Waals surface area contributed by atoms with Crippen LogP contribution in [0.1, 0.15) is 30.0 Å². The lowest BCUT2D eigenvalue weighted by atomic mass is 9.73. The van der Waals surface area contributed by atoms with Crippen LogP contribution in [0, 0.1) is 25.7 Å². The highest BCUT2D eigenvalue weighted by atomic mass is 16.5. The van der Waals surface area contributed by atoms with E-state index in [-0.39, 0.29) is 24.3 Å². The number of rotatable bonds is 6. The van der Waals surface area contributed by atoms with Gasteiger partial charge in [0.15, 0.2) is 0 Å². The molecule has 0 aliphatic carbocycles. The summed E-state index contributed by atoms with van der Waals surface area (Å²) >= 11 is 0. The van der Waals surface area contributed by atoms with Gasteiger partial charge < -0.3 is 24.5 Å². The number of aryl methyl sites for hydroxylation is 2. The molecule has 0 radical (unpaired) electrons. The number of aliphatic hydroxyl groups is 1. The highest BCUT2D eigenvalue weighted by Gasteiger charge is 2.75. The number of likely N-dealkylation sites (N-methyl/N-ethyl adjacent to an activating group) is 1. The van der Waals surface area contributed by atoms with E-state index in [9.17, 15) is 19.5 Å². The van der Waals surface area contributed by atoms with Crippen LogP contribution in [0.5, 0.6) is 0 Å². The molecule has 6 rings (SSSR count). The number of fused-ring (bicyclic) bond motifs is 2. The molecule has 4 aliphatic rings. The molecule has 0 saturated carbocycles. The summed E-state index contributed by atoms with van der Waals surface area (Å²) in [5, 5.41) is 10.7. The Kier molecular flexibility index (Phi) is 7.10. The summed E-state index contributed by atoms with van der Waals surface area (Å²) in [6.45, 7) is 6.30. The fourth-order valence-corrected chi connectivity index (χ4v) is 7.58. The first kappa shape index (κ1) is 28.4. The van der Waals surface area contributed by atoms with Gasteiger partial charge in [-0.05, 0) is 49.4 Å². The highest BCUT2D eigenvalue weighted by molar-refractivity contribution is 6.06. The van der Waals surface area contributed by atoms with Crippen molar-refractivity contribution in [2.75, 3.05) is 31.6 Å². The zero-order valence-electron chi connectivity index (χ0n) is 24.7. The number of aliphatic hydroxyl groups excluding tert-OH is 1. The van der Waals surface area contributed by atoms with Gasteiger partial charge in [-0.15, -0.1) is 0 Å². The maximum absolute atomic E-state index is 14.9. The summed E-state index contributed by atoms with van der Waals surface area (Å²) in [6.07, 6.45) is 8.46. The van der Waals surface area contributed by atoms with Crippen molar-refractivity contribution in [2.45, 2.75) is 56.9 Å². The van der Waals surface area contributed by atoms with Gasteiger partial charge in [-0.3, -0.25) is 14.4 Å². The van der Waals surface area contributed by atoms with Crippen LogP contribution in [-0.4, -0.2) is 82.7 Å². The first-order valence-electron chi connectivity index (χ1n) is 14.8. The lowest BCUT2D eigenvalue weighted by molar-refractivity contribution is -0.152. The monoisotopic (exact) mass is 569 g/mol. The second-order valence-electron chi connectivity index (χ2n) is 12.2. The van der Waals surface area contributed by atoms with Gasteiger partial charge in [0.1, 0.15) is 11.6 Å². The summed E-state index contributed by atoms with van der Waals surface area (Å²) in [6, 6.07) is 13.9. The van der Waals surface area contributed by atoms with E-state index in [1.54, 1.807) is 21.7 Å². The molecule has 6 atom stereocenters. The van der Waals surface area contributed by atoms with Crippen molar-refractivity contribution >= 4 is 23.4 Å². The molecular weight excluding hydrogens is 530 g/mol. The van der Waals surface area contributed by atoms with Gasteiger partial charge >= 0.3 is 0 Å². The molecule has 8 heteroatoms. The summed E-state index contributed by atoms with van der Waals surface area (Å²) in [5.74, 6) is -2.48. The Morgan fingerprint density at radius 2 is 1.69 bits per heavy atom. The molecule has 2 aromatic carbocycles. The van der Waals surface area contributed by atoms with Crippen LogP contribution in [0.15, 0.2) is 72.8 Å². The topological polar surface area (TPSA) is 90.4 Å². The molecule has 42 heavy (non-hydrogen) atoms. The Morgan fingerprint density at radius 3 is 2.40 bits per heavy atom. The molecule has 2 aromatic rings. The molecule has 1 N–H and O–H groups in total. The number of hydrogen-bond donors (Lipinski definition) is 1. The van der Waals surface area contributed by atoms with E-state index in [2.05, 4.69) is 0 Å². The predicted octanol–water partition coefficient (Wildman–Crippen LogP) is 3.20. The van der Waals surface area contributed by atoms with Gasteiger partial charge in [-0.25, -0.2) is 0 Å². The highest BCUT2D eigenvalue weighted by Crippen LogP contribution is 2.59. The van der Waals surface area contributed by atoms with Crippen molar-refractivity contribution in [3.63, 3.8) is 0 Å². The minimum Gasteiger partial charge on any atom is -0.394 e. The second kappa shape index (κ2) is 10.5. The number of benzene rings is 2. The molecule has 1 unspecified atom stereocenters. The molecule has 2 saturated heterocycles. The number of carbonyl (C=O) groups is 3. The van der Waals surface area contributed by atoms with Crippen LogP contribution >= 0.6 is 0 Å². The molecule has 220 valence electrons. The third-order valence-corrected chi connectivity index (χ3v) is 9.65. The third-order valence-electron chi connectivity index (χ3n) is 9.65. The number of likely N-dealkylation sites (tertiary alicyclic amines) is 1. The van der Waals surface area contributed by atoms with E-state index >= 15 is 0 Å². The molecule has 3 amide bonds. The second-order valence-corrected chi connectivity index (χ2v) is 12.2. The number of anilines is 1. The van der Waals surface area contributed by atoms with E-state index in [4.69, 9.17) is 4.74 Å². The Labute approximate surface area is 247 Å². The average molecular weight is 570 g/mol. The molecule has 0 bridgehead atoms. The largest absolute Gasteiger partial charge is 0.394 e. The van der Waals surface area contributed by atoms with E-state index in [1.165, 1.54) is 0 Å². The minimum absolute atomic E-state index is 0.169. The maximum atomic E-state index is 14.9.